The van der Waals surface area contributed by atoms with E-state index in [0.29, 0.717) is 35.1 Å². The lowest BCUT2D eigenvalue weighted by Gasteiger charge is -2.14. The third-order valence-corrected chi connectivity index (χ3v) is 4.41. The molecule has 1 aliphatic rings. The van der Waals surface area contributed by atoms with Gasteiger partial charge in [0.05, 0.1) is 31.5 Å². The van der Waals surface area contributed by atoms with E-state index >= 15 is 0 Å². The fraction of sp³-hybridized carbons (Fsp3) is 0.389. The number of epoxide rings is 1. The van der Waals surface area contributed by atoms with Crippen molar-refractivity contribution in [2.75, 3.05) is 20.8 Å². The van der Waals surface area contributed by atoms with Crippen LogP contribution < -0.4 is 14.2 Å². The van der Waals surface area contributed by atoms with Crippen LogP contribution in [0.1, 0.15) is 13.8 Å². The molecule has 24 heavy (non-hydrogen) atoms. The molecule has 3 aromatic rings. The van der Waals surface area contributed by atoms with Gasteiger partial charge in [0.2, 0.25) is 5.71 Å². The monoisotopic (exact) mass is 329 g/mol. The predicted molar refractivity (Wildman–Crippen MR) is 89.1 cm³/mol. The molecule has 0 N–H and O–H groups in total. The number of hydrogen-bond donors (Lipinski definition) is 0. The Balaban J connectivity index is 1.80. The average molecular weight is 329 g/mol. The molecule has 1 aliphatic heterocycles. The molecule has 2 aromatic heterocycles. The molecule has 1 saturated heterocycles. The van der Waals surface area contributed by atoms with E-state index in [9.17, 15) is 0 Å². The molecule has 1 fully saturated rings. The SMILES string of the molecule is COc1c2ccoc2nc2c(OC)c(OC[C@@H]3OC3(C)C)ccc12. The normalized spacial score (nSPS) is 18.8. The van der Waals surface area contributed by atoms with Crippen molar-refractivity contribution in [3.63, 3.8) is 0 Å². The zero-order valence-corrected chi connectivity index (χ0v) is 14.1. The van der Waals surface area contributed by atoms with Gasteiger partial charge in [0, 0.05) is 5.39 Å². The van der Waals surface area contributed by atoms with Gasteiger partial charge < -0.3 is 23.4 Å². The molecule has 6 heteroatoms. The minimum Gasteiger partial charge on any atom is -0.495 e. The lowest BCUT2D eigenvalue weighted by molar-refractivity contribution is 0.246. The fourth-order valence-electron chi connectivity index (χ4n) is 2.92. The average Bonchev–Trinajstić information content (AvgIpc) is 2.95. The standard InChI is InChI=1S/C18H19NO5/c1-18(2)13(24-18)9-23-12-6-5-10-14(16(12)21-4)19-17-11(7-8-22-17)15(10)20-3/h5-8,13H,9H2,1-4H3/t13-/m0/s1. The van der Waals surface area contributed by atoms with Gasteiger partial charge in [0.1, 0.15) is 24.0 Å². The smallest absolute Gasteiger partial charge is 0.230 e. The van der Waals surface area contributed by atoms with Crippen LogP contribution in [0.4, 0.5) is 0 Å². The number of fused-ring (bicyclic) bond motifs is 2. The van der Waals surface area contributed by atoms with E-state index in [1.807, 2.05) is 32.0 Å². The van der Waals surface area contributed by atoms with E-state index in [2.05, 4.69) is 4.98 Å². The van der Waals surface area contributed by atoms with Gasteiger partial charge in [0.25, 0.3) is 0 Å². The fourth-order valence-corrected chi connectivity index (χ4v) is 2.92. The van der Waals surface area contributed by atoms with E-state index in [-0.39, 0.29) is 11.7 Å². The van der Waals surface area contributed by atoms with Crippen LogP contribution >= 0.6 is 0 Å². The Morgan fingerprint density at radius 3 is 2.50 bits per heavy atom. The Labute approximate surface area is 139 Å². The molecule has 0 radical (unpaired) electrons. The van der Waals surface area contributed by atoms with Gasteiger partial charge in [-0.05, 0) is 32.0 Å². The summed E-state index contributed by atoms with van der Waals surface area (Å²) in [4.78, 5) is 4.57. The van der Waals surface area contributed by atoms with Crippen molar-refractivity contribution >= 4 is 22.0 Å². The van der Waals surface area contributed by atoms with Crippen molar-refractivity contribution in [2.24, 2.45) is 0 Å². The molecular weight excluding hydrogens is 310 g/mol. The highest BCUT2D eigenvalue weighted by atomic mass is 16.6. The minimum absolute atomic E-state index is 0.0907. The quantitative estimate of drug-likeness (QED) is 0.667. The molecule has 0 spiro atoms. The number of ether oxygens (including phenoxy) is 4. The first-order valence-electron chi connectivity index (χ1n) is 7.77. The number of nitrogens with zero attached hydrogens (tertiary/aromatic N) is 1. The topological polar surface area (TPSA) is 66.3 Å². The lowest BCUT2D eigenvalue weighted by Crippen LogP contribution is -2.12. The molecule has 126 valence electrons. The first kappa shape index (κ1) is 15.1. The van der Waals surface area contributed by atoms with E-state index in [0.717, 1.165) is 10.8 Å². The van der Waals surface area contributed by atoms with Gasteiger partial charge >= 0.3 is 0 Å². The van der Waals surface area contributed by atoms with E-state index < -0.39 is 0 Å². The molecular formula is C18H19NO5. The van der Waals surface area contributed by atoms with Crippen LogP contribution in [0.3, 0.4) is 0 Å². The molecule has 0 bridgehead atoms. The zero-order chi connectivity index (χ0) is 16.9. The zero-order valence-electron chi connectivity index (χ0n) is 14.1. The van der Waals surface area contributed by atoms with Crippen molar-refractivity contribution in [1.82, 2.24) is 4.98 Å². The van der Waals surface area contributed by atoms with Crippen LogP contribution in [0.25, 0.3) is 22.0 Å². The number of aromatic nitrogens is 1. The Morgan fingerprint density at radius 1 is 1.08 bits per heavy atom. The van der Waals surface area contributed by atoms with Gasteiger partial charge in [-0.2, -0.15) is 0 Å². The van der Waals surface area contributed by atoms with Crippen LogP contribution in [0.5, 0.6) is 17.2 Å². The minimum atomic E-state index is -0.119. The first-order valence-corrected chi connectivity index (χ1v) is 7.77. The molecule has 1 aromatic carbocycles. The van der Waals surface area contributed by atoms with Crippen LogP contribution in [-0.4, -0.2) is 37.5 Å². The number of rotatable bonds is 5. The maximum Gasteiger partial charge on any atom is 0.230 e. The molecule has 3 heterocycles. The summed E-state index contributed by atoms with van der Waals surface area (Å²) in [5.74, 6) is 1.89. The molecule has 0 unspecified atom stereocenters. The summed E-state index contributed by atoms with van der Waals surface area (Å²) in [6.07, 6.45) is 1.68. The second-order valence-electron chi connectivity index (χ2n) is 6.30. The molecule has 0 amide bonds. The Bertz CT molecular complexity index is 915. The molecule has 4 rings (SSSR count). The highest BCUT2D eigenvalue weighted by Gasteiger charge is 2.48. The Hall–Kier alpha value is -2.47. The predicted octanol–water partition coefficient (Wildman–Crippen LogP) is 3.55. The summed E-state index contributed by atoms with van der Waals surface area (Å²) in [5.41, 5.74) is 1.03. The van der Waals surface area contributed by atoms with E-state index in [1.54, 1.807) is 20.5 Å². The third-order valence-electron chi connectivity index (χ3n) is 4.41. The number of furan rings is 1. The second kappa shape index (κ2) is 5.27. The van der Waals surface area contributed by atoms with Crippen LogP contribution in [0, 0.1) is 0 Å². The van der Waals surface area contributed by atoms with Crippen molar-refractivity contribution in [3.05, 3.63) is 24.5 Å². The highest BCUT2D eigenvalue weighted by Crippen LogP contribution is 2.42. The van der Waals surface area contributed by atoms with Gasteiger partial charge in [-0.3, -0.25) is 0 Å². The molecule has 0 saturated carbocycles. The number of pyridine rings is 1. The molecule has 0 aliphatic carbocycles. The van der Waals surface area contributed by atoms with Gasteiger partial charge in [-0.25, -0.2) is 4.98 Å². The van der Waals surface area contributed by atoms with Gasteiger partial charge in [-0.15, -0.1) is 0 Å². The first-order chi connectivity index (χ1) is 11.5. The summed E-state index contributed by atoms with van der Waals surface area (Å²) in [5, 5.41) is 1.67. The second-order valence-corrected chi connectivity index (χ2v) is 6.30. The summed E-state index contributed by atoms with van der Waals surface area (Å²) in [6, 6.07) is 5.63. The van der Waals surface area contributed by atoms with Crippen molar-refractivity contribution < 1.29 is 23.4 Å². The summed E-state index contributed by atoms with van der Waals surface area (Å²) >= 11 is 0. The largest absolute Gasteiger partial charge is 0.495 e. The summed E-state index contributed by atoms with van der Waals surface area (Å²) in [6.45, 7) is 4.55. The Kier molecular flexibility index (Phi) is 3.31. The van der Waals surface area contributed by atoms with Gasteiger partial charge in [-0.1, -0.05) is 0 Å². The van der Waals surface area contributed by atoms with Crippen LogP contribution in [-0.2, 0) is 4.74 Å². The van der Waals surface area contributed by atoms with Gasteiger partial charge in [0.15, 0.2) is 11.5 Å². The highest BCUT2D eigenvalue weighted by molar-refractivity contribution is 6.02. The lowest BCUT2D eigenvalue weighted by atomic mass is 10.1. The van der Waals surface area contributed by atoms with E-state index in [1.165, 1.54) is 0 Å². The van der Waals surface area contributed by atoms with Crippen LogP contribution in [0.2, 0.25) is 0 Å². The van der Waals surface area contributed by atoms with Crippen LogP contribution in [0.15, 0.2) is 28.9 Å². The summed E-state index contributed by atoms with van der Waals surface area (Å²) in [7, 11) is 3.23. The number of hydrogen-bond acceptors (Lipinski definition) is 6. The number of benzene rings is 1. The molecule has 6 nitrogen and oxygen atoms in total. The number of methoxy groups -OCH3 is 2. The molecule has 1 atom stereocenters. The van der Waals surface area contributed by atoms with E-state index in [4.69, 9.17) is 23.4 Å². The van der Waals surface area contributed by atoms with Crippen molar-refractivity contribution in [1.29, 1.82) is 0 Å². The van der Waals surface area contributed by atoms with Crippen molar-refractivity contribution in [3.8, 4) is 17.2 Å². The van der Waals surface area contributed by atoms with Crippen molar-refractivity contribution in [2.45, 2.75) is 25.6 Å². The third kappa shape index (κ3) is 2.26. The Morgan fingerprint density at radius 2 is 1.83 bits per heavy atom. The maximum atomic E-state index is 5.90. The maximum absolute atomic E-state index is 5.90. The summed E-state index contributed by atoms with van der Waals surface area (Å²) < 4.78 is 28.0.